The van der Waals surface area contributed by atoms with Gasteiger partial charge in [0.2, 0.25) is 10.9 Å². The monoisotopic (exact) mass is 430 g/mol. The molecule has 0 saturated heterocycles. The average molecular weight is 431 g/mol. The van der Waals surface area contributed by atoms with E-state index in [1.54, 1.807) is 11.3 Å². The fourth-order valence-electron chi connectivity index (χ4n) is 3.38. The molecule has 0 aliphatic carbocycles. The molecular formula is C23H18N4OS2. The first-order valence-electron chi connectivity index (χ1n) is 9.55. The highest BCUT2D eigenvalue weighted by atomic mass is 32.2. The molecule has 0 aliphatic rings. The zero-order valence-electron chi connectivity index (χ0n) is 16.0. The Morgan fingerprint density at radius 2 is 1.70 bits per heavy atom. The zero-order chi connectivity index (χ0) is 20.3. The van der Waals surface area contributed by atoms with E-state index in [2.05, 4.69) is 39.8 Å². The predicted octanol–water partition coefficient (Wildman–Crippen LogP) is 5.27. The molecule has 148 valence electrons. The molecule has 7 heteroatoms. The summed E-state index contributed by atoms with van der Waals surface area (Å²) in [5.74, 6) is 0.210. The number of hydrogen-bond donors (Lipinski definition) is 1. The molecule has 0 aliphatic heterocycles. The highest BCUT2D eigenvalue weighted by Gasteiger charge is 2.14. The van der Waals surface area contributed by atoms with Gasteiger partial charge in [0.25, 0.3) is 0 Å². The molecule has 3 aromatic carbocycles. The number of carbonyl (C=O) groups is 1. The number of thiazole rings is 1. The molecule has 0 bridgehead atoms. The molecule has 0 atom stereocenters. The van der Waals surface area contributed by atoms with E-state index in [4.69, 9.17) is 0 Å². The number of nitrogens with one attached hydrogen (secondary N) is 1. The Kier molecular flexibility index (Phi) is 5.21. The van der Waals surface area contributed by atoms with Crippen molar-refractivity contribution in [3.05, 3.63) is 90.0 Å². The van der Waals surface area contributed by atoms with Crippen molar-refractivity contribution < 1.29 is 4.79 Å². The minimum absolute atomic E-state index is 0.0585. The van der Waals surface area contributed by atoms with E-state index in [0.717, 1.165) is 38.0 Å². The van der Waals surface area contributed by atoms with Crippen molar-refractivity contribution >= 4 is 49.9 Å². The SMILES string of the molecule is O=C(CSc1nnc2sc3ccccc3n12)Nc1ccccc1Cc1ccccc1. The van der Waals surface area contributed by atoms with Crippen LogP contribution < -0.4 is 5.32 Å². The van der Waals surface area contributed by atoms with Gasteiger partial charge in [0.05, 0.1) is 16.0 Å². The van der Waals surface area contributed by atoms with Crippen molar-refractivity contribution in [3.63, 3.8) is 0 Å². The van der Waals surface area contributed by atoms with Crippen LogP contribution in [0.1, 0.15) is 11.1 Å². The number of anilines is 1. The van der Waals surface area contributed by atoms with Gasteiger partial charge < -0.3 is 5.32 Å². The van der Waals surface area contributed by atoms with Crippen molar-refractivity contribution in [2.24, 2.45) is 0 Å². The van der Waals surface area contributed by atoms with Crippen LogP contribution in [-0.2, 0) is 11.2 Å². The number of benzene rings is 3. The van der Waals surface area contributed by atoms with Gasteiger partial charge in [-0.05, 0) is 35.7 Å². The molecule has 0 saturated carbocycles. The van der Waals surface area contributed by atoms with Gasteiger partial charge in [-0.2, -0.15) is 0 Å². The second kappa shape index (κ2) is 8.30. The number of nitrogens with zero attached hydrogens (tertiary/aromatic N) is 3. The average Bonchev–Trinajstić information content (AvgIpc) is 3.34. The molecule has 5 nitrogen and oxygen atoms in total. The molecule has 5 rings (SSSR count). The zero-order valence-corrected chi connectivity index (χ0v) is 17.6. The van der Waals surface area contributed by atoms with Crippen molar-refractivity contribution in [3.8, 4) is 0 Å². The summed E-state index contributed by atoms with van der Waals surface area (Å²) in [4.78, 5) is 13.5. The number of carbonyl (C=O) groups excluding carboxylic acids is 1. The molecule has 5 aromatic rings. The molecule has 2 aromatic heterocycles. The molecule has 1 N–H and O–H groups in total. The van der Waals surface area contributed by atoms with Gasteiger partial charge in [0.15, 0.2) is 5.16 Å². The van der Waals surface area contributed by atoms with Gasteiger partial charge in [-0.25, -0.2) is 0 Å². The second-order valence-corrected chi connectivity index (χ2v) is 8.78. The normalized spacial score (nSPS) is 11.2. The fourth-order valence-corrected chi connectivity index (χ4v) is 5.15. The van der Waals surface area contributed by atoms with Crippen molar-refractivity contribution in [2.45, 2.75) is 11.6 Å². The van der Waals surface area contributed by atoms with Gasteiger partial charge in [-0.3, -0.25) is 9.20 Å². The van der Waals surface area contributed by atoms with Crippen molar-refractivity contribution in [2.75, 3.05) is 11.1 Å². The Morgan fingerprint density at radius 3 is 2.60 bits per heavy atom. The molecule has 0 radical (unpaired) electrons. The molecular weight excluding hydrogens is 412 g/mol. The van der Waals surface area contributed by atoms with Crippen LogP contribution in [0.15, 0.2) is 84.0 Å². The lowest BCUT2D eigenvalue weighted by atomic mass is 10.0. The third-order valence-corrected chi connectivity index (χ3v) is 6.71. The van der Waals surface area contributed by atoms with Crippen LogP contribution >= 0.6 is 23.1 Å². The minimum Gasteiger partial charge on any atom is -0.325 e. The van der Waals surface area contributed by atoms with Crippen LogP contribution in [0.25, 0.3) is 15.2 Å². The second-order valence-electron chi connectivity index (χ2n) is 6.83. The van der Waals surface area contributed by atoms with E-state index < -0.39 is 0 Å². The first-order valence-corrected chi connectivity index (χ1v) is 11.4. The van der Waals surface area contributed by atoms with Crippen LogP contribution in [0.3, 0.4) is 0 Å². The first kappa shape index (κ1) is 18.8. The molecule has 0 unspecified atom stereocenters. The molecule has 1 amide bonds. The Hall–Kier alpha value is -3.16. The Bertz CT molecular complexity index is 1330. The number of aromatic nitrogens is 3. The van der Waals surface area contributed by atoms with Gasteiger partial charge in [-0.1, -0.05) is 83.8 Å². The Morgan fingerprint density at radius 1 is 0.933 bits per heavy atom. The van der Waals surface area contributed by atoms with Crippen LogP contribution in [0, 0.1) is 0 Å². The van der Waals surface area contributed by atoms with Gasteiger partial charge >= 0.3 is 0 Å². The number of fused-ring (bicyclic) bond motifs is 3. The summed E-state index contributed by atoms with van der Waals surface area (Å²) in [5, 5.41) is 12.3. The number of rotatable bonds is 6. The quantitative estimate of drug-likeness (QED) is 0.373. The van der Waals surface area contributed by atoms with Gasteiger partial charge in [-0.15, -0.1) is 10.2 Å². The number of hydrogen-bond acceptors (Lipinski definition) is 5. The first-order chi connectivity index (χ1) is 14.8. The number of thioether (sulfide) groups is 1. The Balaban J connectivity index is 1.30. The van der Waals surface area contributed by atoms with E-state index in [1.165, 1.54) is 17.3 Å². The maximum Gasteiger partial charge on any atom is 0.234 e. The van der Waals surface area contributed by atoms with Crippen molar-refractivity contribution in [1.29, 1.82) is 0 Å². The van der Waals surface area contributed by atoms with Crippen LogP contribution in [0.4, 0.5) is 5.69 Å². The maximum absolute atomic E-state index is 12.7. The third-order valence-electron chi connectivity index (χ3n) is 4.77. The number of amides is 1. The van der Waals surface area contributed by atoms with Crippen LogP contribution in [0.2, 0.25) is 0 Å². The van der Waals surface area contributed by atoms with Gasteiger partial charge in [0.1, 0.15) is 0 Å². The lowest BCUT2D eigenvalue weighted by molar-refractivity contribution is -0.113. The van der Waals surface area contributed by atoms with E-state index in [1.807, 2.05) is 59.0 Å². The highest BCUT2D eigenvalue weighted by molar-refractivity contribution is 7.99. The van der Waals surface area contributed by atoms with Crippen LogP contribution in [-0.4, -0.2) is 26.3 Å². The third kappa shape index (κ3) is 3.81. The summed E-state index contributed by atoms with van der Waals surface area (Å²) < 4.78 is 3.17. The van der Waals surface area contributed by atoms with E-state index in [-0.39, 0.29) is 11.7 Å². The maximum atomic E-state index is 12.7. The molecule has 2 heterocycles. The highest BCUT2D eigenvalue weighted by Crippen LogP contribution is 2.29. The largest absolute Gasteiger partial charge is 0.325 e. The summed E-state index contributed by atoms with van der Waals surface area (Å²) in [6.07, 6.45) is 0.774. The smallest absolute Gasteiger partial charge is 0.234 e. The van der Waals surface area contributed by atoms with Crippen LogP contribution in [0.5, 0.6) is 0 Å². The van der Waals surface area contributed by atoms with E-state index >= 15 is 0 Å². The molecule has 0 fully saturated rings. The molecule has 30 heavy (non-hydrogen) atoms. The lowest BCUT2D eigenvalue weighted by Gasteiger charge is -2.11. The molecule has 0 spiro atoms. The van der Waals surface area contributed by atoms with Crippen molar-refractivity contribution in [1.82, 2.24) is 14.6 Å². The standard InChI is InChI=1S/C23H18N4OS2/c28-21(24-18-11-5-4-10-17(18)14-16-8-2-1-3-9-16)15-29-22-25-26-23-27(22)19-12-6-7-13-20(19)30-23/h1-13H,14-15H2,(H,24,28). The lowest BCUT2D eigenvalue weighted by Crippen LogP contribution is -2.15. The Labute approximate surface area is 181 Å². The van der Waals surface area contributed by atoms with E-state index in [9.17, 15) is 4.79 Å². The fraction of sp³-hybridized carbons (Fsp3) is 0.0870. The topological polar surface area (TPSA) is 59.3 Å². The minimum atomic E-state index is -0.0585. The summed E-state index contributed by atoms with van der Waals surface area (Å²) in [5.41, 5.74) is 4.22. The summed E-state index contributed by atoms with van der Waals surface area (Å²) in [6, 6.07) is 26.3. The van der Waals surface area contributed by atoms with E-state index in [0.29, 0.717) is 0 Å². The number of para-hydroxylation sites is 2. The summed E-state index contributed by atoms with van der Waals surface area (Å²) in [6.45, 7) is 0. The summed E-state index contributed by atoms with van der Waals surface area (Å²) >= 11 is 2.99. The summed E-state index contributed by atoms with van der Waals surface area (Å²) in [7, 11) is 0. The predicted molar refractivity (Wildman–Crippen MR) is 123 cm³/mol. The van der Waals surface area contributed by atoms with Gasteiger partial charge in [0, 0.05) is 5.69 Å².